The lowest BCUT2D eigenvalue weighted by atomic mass is 10.2. The van der Waals surface area contributed by atoms with E-state index in [9.17, 15) is 4.79 Å². The lowest BCUT2D eigenvalue weighted by Crippen LogP contribution is -2.17. The van der Waals surface area contributed by atoms with Gasteiger partial charge in [-0.25, -0.2) is 5.10 Å². The highest BCUT2D eigenvalue weighted by Crippen LogP contribution is 2.34. The van der Waals surface area contributed by atoms with Crippen molar-refractivity contribution in [2.24, 2.45) is 0 Å². The minimum Gasteiger partial charge on any atom is -0.335 e. The molecule has 8 nitrogen and oxygen atoms in total. The van der Waals surface area contributed by atoms with E-state index in [0.29, 0.717) is 26.4 Å². The number of hydrogen-bond acceptors (Lipinski definition) is 7. The Labute approximate surface area is 178 Å². The second-order valence-electron chi connectivity index (χ2n) is 5.60. The first-order chi connectivity index (χ1) is 14.0. The van der Waals surface area contributed by atoms with Crippen LogP contribution in [0.2, 0.25) is 5.02 Å². The zero-order valence-electron chi connectivity index (χ0n) is 14.6. The molecule has 3 aromatic rings. The van der Waals surface area contributed by atoms with Crippen molar-refractivity contribution < 1.29 is 0 Å². The Hall–Kier alpha value is -3.66. The fourth-order valence-corrected chi connectivity index (χ4v) is 3.26. The number of H-pyrrole nitrogens is 1. The van der Waals surface area contributed by atoms with Gasteiger partial charge in [0.15, 0.2) is 0 Å². The number of nitriles is 2. The maximum Gasteiger partial charge on any atom is 0.307 e. The number of allylic oxidation sites excluding steroid dienone is 1. The minimum absolute atomic E-state index is 0.0213. The highest BCUT2D eigenvalue weighted by atomic mass is 79.9. The maximum absolute atomic E-state index is 12.0. The Morgan fingerprint density at radius 2 is 1.93 bits per heavy atom. The van der Waals surface area contributed by atoms with Crippen LogP contribution in [0.25, 0.3) is 6.08 Å². The molecule has 0 fully saturated rings. The first-order valence-electron chi connectivity index (χ1n) is 8.06. The largest absolute Gasteiger partial charge is 0.335 e. The smallest absolute Gasteiger partial charge is 0.307 e. The van der Waals surface area contributed by atoms with E-state index < -0.39 is 5.56 Å². The Morgan fingerprint density at radius 3 is 2.59 bits per heavy atom. The highest BCUT2D eigenvalue weighted by Gasteiger charge is 2.11. The van der Waals surface area contributed by atoms with Crippen LogP contribution < -0.4 is 16.2 Å². The van der Waals surface area contributed by atoms with E-state index >= 15 is 0 Å². The number of halogens is 2. The fourth-order valence-electron chi connectivity index (χ4n) is 2.30. The summed E-state index contributed by atoms with van der Waals surface area (Å²) in [5, 5.41) is 29.9. The van der Waals surface area contributed by atoms with Gasteiger partial charge in [0.2, 0.25) is 11.8 Å². The maximum atomic E-state index is 12.0. The van der Waals surface area contributed by atoms with Crippen LogP contribution in [0.1, 0.15) is 11.1 Å². The molecular weight excluding hydrogens is 458 g/mol. The summed E-state index contributed by atoms with van der Waals surface area (Å²) in [5.41, 5.74) is 1.81. The topological polar surface area (TPSA) is 130 Å². The number of nitrogens with one attached hydrogen (secondary N) is 3. The molecule has 142 valence electrons. The van der Waals surface area contributed by atoms with E-state index in [4.69, 9.17) is 22.1 Å². The summed E-state index contributed by atoms with van der Waals surface area (Å²) < 4.78 is 0.624. The zero-order chi connectivity index (χ0) is 20.8. The third-order valence-corrected chi connectivity index (χ3v) is 4.55. The summed E-state index contributed by atoms with van der Waals surface area (Å²) in [6.07, 6.45) is 2.97. The zero-order valence-corrected chi connectivity index (χ0v) is 16.9. The predicted molar refractivity (Wildman–Crippen MR) is 114 cm³/mol. The number of nitrogens with zero attached hydrogens (tertiary/aromatic N) is 4. The molecule has 0 spiro atoms. The van der Waals surface area contributed by atoms with Crippen LogP contribution in [-0.4, -0.2) is 15.2 Å². The van der Waals surface area contributed by atoms with Crippen molar-refractivity contribution in [3.8, 4) is 12.1 Å². The average molecular weight is 469 g/mol. The van der Waals surface area contributed by atoms with Crippen LogP contribution >= 0.6 is 27.5 Å². The first kappa shape index (κ1) is 20.1. The van der Waals surface area contributed by atoms with Gasteiger partial charge in [-0.15, -0.1) is 5.10 Å². The Balaban J connectivity index is 1.86. The Bertz CT molecular complexity index is 1200. The van der Waals surface area contributed by atoms with Crippen molar-refractivity contribution in [3.63, 3.8) is 0 Å². The first-order valence-corrected chi connectivity index (χ1v) is 9.23. The number of aromatic amines is 1. The van der Waals surface area contributed by atoms with E-state index in [2.05, 4.69) is 41.7 Å². The summed E-state index contributed by atoms with van der Waals surface area (Å²) in [6.45, 7) is 0. The molecule has 1 aromatic heterocycles. The molecule has 0 atom stereocenters. The van der Waals surface area contributed by atoms with Crippen molar-refractivity contribution in [1.82, 2.24) is 15.2 Å². The standard InChI is InChI=1S/C19H11BrClN7O/c20-14-8-12(2-1-7-22)9-15(21)16(14)25-19-26-17(18(29)27-28-19)24-13-5-3-11(10-23)4-6-13/h1-6,8-9H,(H,27,29)(H2,24,25,26,28). The summed E-state index contributed by atoms with van der Waals surface area (Å²) in [5.74, 6) is 0.136. The van der Waals surface area contributed by atoms with Gasteiger partial charge in [-0.05, 0) is 64.0 Å². The molecule has 0 unspecified atom stereocenters. The summed E-state index contributed by atoms with van der Waals surface area (Å²) in [6, 6.07) is 13.9. The second-order valence-corrected chi connectivity index (χ2v) is 6.86. The molecule has 0 bridgehead atoms. The van der Waals surface area contributed by atoms with Gasteiger partial charge in [0.1, 0.15) is 0 Å². The van der Waals surface area contributed by atoms with Crippen LogP contribution in [0.3, 0.4) is 0 Å². The van der Waals surface area contributed by atoms with E-state index in [1.807, 2.05) is 12.1 Å². The van der Waals surface area contributed by atoms with Gasteiger partial charge in [0.05, 0.1) is 28.4 Å². The second kappa shape index (κ2) is 9.02. The van der Waals surface area contributed by atoms with Crippen LogP contribution in [0.4, 0.5) is 23.1 Å². The fraction of sp³-hybridized carbons (Fsp3) is 0. The molecule has 29 heavy (non-hydrogen) atoms. The SMILES string of the molecule is N#CC=Cc1cc(Cl)c(Nc2n[nH]c(=O)c(Nc3ccc(C#N)cc3)n2)c(Br)c1. The molecule has 0 saturated heterocycles. The Morgan fingerprint density at radius 1 is 1.17 bits per heavy atom. The number of rotatable bonds is 5. The third kappa shape index (κ3) is 4.99. The van der Waals surface area contributed by atoms with Gasteiger partial charge in [-0.2, -0.15) is 15.5 Å². The summed E-state index contributed by atoms with van der Waals surface area (Å²) in [7, 11) is 0. The van der Waals surface area contributed by atoms with Crippen LogP contribution in [-0.2, 0) is 0 Å². The number of hydrogen-bond donors (Lipinski definition) is 3. The van der Waals surface area contributed by atoms with Gasteiger partial charge in [-0.1, -0.05) is 11.6 Å². The van der Waals surface area contributed by atoms with Crippen molar-refractivity contribution in [2.45, 2.75) is 0 Å². The summed E-state index contributed by atoms with van der Waals surface area (Å²) >= 11 is 9.73. The predicted octanol–water partition coefficient (Wildman–Crippen LogP) is 4.48. The lowest BCUT2D eigenvalue weighted by Gasteiger charge is -2.11. The molecule has 3 rings (SSSR count). The van der Waals surface area contributed by atoms with Gasteiger partial charge in [0.25, 0.3) is 0 Å². The molecular formula is C19H11BrClN7O. The van der Waals surface area contributed by atoms with Gasteiger partial charge in [-0.3, -0.25) is 4.79 Å². The van der Waals surface area contributed by atoms with E-state index in [1.54, 1.807) is 42.5 Å². The Kier molecular flexibility index (Phi) is 6.25. The van der Waals surface area contributed by atoms with Gasteiger partial charge in [0, 0.05) is 16.2 Å². The molecule has 0 aliphatic carbocycles. The molecule has 0 radical (unpaired) electrons. The highest BCUT2D eigenvalue weighted by molar-refractivity contribution is 9.10. The van der Waals surface area contributed by atoms with Crippen molar-refractivity contribution in [3.05, 3.63) is 73.5 Å². The molecule has 3 N–H and O–H groups in total. The molecule has 10 heteroatoms. The normalized spacial score (nSPS) is 10.3. The minimum atomic E-state index is -0.512. The van der Waals surface area contributed by atoms with Crippen LogP contribution in [0.15, 0.2) is 51.7 Å². The quantitative estimate of drug-likeness (QED) is 0.471. The molecule has 1 heterocycles. The molecule has 0 aliphatic rings. The van der Waals surface area contributed by atoms with Crippen molar-refractivity contribution in [2.75, 3.05) is 10.6 Å². The molecule has 0 saturated carbocycles. The lowest BCUT2D eigenvalue weighted by molar-refractivity contribution is 0.945. The molecule has 0 amide bonds. The van der Waals surface area contributed by atoms with Gasteiger partial charge >= 0.3 is 5.56 Å². The van der Waals surface area contributed by atoms with E-state index in [1.165, 1.54) is 6.08 Å². The number of aromatic nitrogens is 3. The van der Waals surface area contributed by atoms with E-state index in [0.717, 1.165) is 5.56 Å². The third-order valence-electron chi connectivity index (χ3n) is 3.62. The van der Waals surface area contributed by atoms with Crippen molar-refractivity contribution in [1.29, 1.82) is 10.5 Å². The number of anilines is 4. The summed E-state index contributed by atoms with van der Waals surface area (Å²) in [4.78, 5) is 16.2. The molecule has 0 aliphatic heterocycles. The van der Waals surface area contributed by atoms with Gasteiger partial charge < -0.3 is 10.6 Å². The van der Waals surface area contributed by atoms with Crippen molar-refractivity contribution >= 4 is 56.7 Å². The number of benzene rings is 2. The van der Waals surface area contributed by atoms with Crippen LogP contribution in [0.5, 0.6) is 0 Å². The molecule has 2 aromatic carbocycles. The van der Waals surface area contributed by atoms with E-state index in [-0.39, 0.29) is 11.8 Å². The average Bonchev–Trinajstić information content (AvgIpc) is 2.72. The monoisotopic (exact) mass is 467 g/mol. The van der Waals surface area contributed by atoms with Crippen LogP contribution in [0, 0.1) is 22.7 Å².